The van der Waals surface area contributed by atoms with Gasteiger partial charge in [-0.3, -0.25) is 4.90 Å². The van der Waals surface area contributed by atoms with E-state index in [0.29, 0.717) is 6.79 Å². The summed E-state index contributed by atoms with van der Waals surface area (Å²) in [6, 6.07) is 4.14. The van der Waals surface area contributed by atoms with Gasteiger partial charge in [-0.25, -0.2) is 0 Å². The minimum absolute atomic E-state index is 0.326. The molecular weight excluding hydrogens is 284 g/mol. The minimum atomic E-state index is 0.326. The van der Waals surface area contributed by atoms with E-state index in [1.807, 2.05) is 6.07 Å². The summed E-state index contributed by atoms with van der Waals surface area (Å²) in [4.78, 5) is 2.43. The summed E-state index contributed by atoms with van der Waals surface area (Å²) in [5.74, 6) is 1.75. The molecule has 1 fully saturated rings. The van der Waals surface area contributed by atoms with E-state index in [-0.39, 0.29) is 0 Å². The Bertz CT molecular complexity index is 419. The first-order chi connectivity index (χ1) is 8.34. The summed E-state index contributed by atoms with van der Waals surface area (Å²) in [7, 11) is 0. The van der Waals surface area contributed by atoms with E-state index in [0.717, 1.165) is 48.7 Å². The number of hydrogen-bond acceptors (Lipinski definition) is 4. The Morgan fingerprint density at radius 1 is 1.18 bits per heavy atom. The highest BCUT2D eigenvalue weighted by atomic mass is 79.9. The first kappa shape index (κ1) is 11.3. The van der Waals surface area contributed by atoms with Crippen LogP contribution in [0, 0.1) is 0 Å². The van der Waals surface area contributed by atoms with Gasteiger partial charge in [0, 0.05) is 38.3 Å². The molecule has 1 aromatic rings. The van der Waals surface area contributed by atoms with E-state index < -0.39 is 0 Å². The smallest absolute Gasteiger partial charge is 0.231 e. The summed E-state index contributed by atoms with van der Waals surface area (Å²) >= 11 is 3.48. The van der Waals surface area contributed by atoms with Crippen molar-refractivity contribution in [1.82, 2.24) is 10.2 Å². The van der Waals surface area contributed by atoms with Crippen LogP contribution in [0.15, 0.2) is 16.6 Å². The second-order valence-electron chi connectivity index (χ2n) is 4.30. The molecule has 1 aromatic carbocycles. The molecule has 92 valence electrons. The molecule has 0 bridgehead atoms. The Balaban J connectivity index is 1.81. The lowest BCUT2D eigenvalue weighted by atomic mass is 10.1. The van der Waals surface area contributed by atoms with Crippen LogP contribution in [-0.2, 0) is 6.54 Å². The molecule has 0 unspecified atom stereocenters. The Kier molecular flexibility index (Phi) is 3.22. The van der Waals surface area contributed by atoms with Crippen molar-refractivity contribution in [3.63, 3.8) is 0 Å². The van der Waals surface area contributed by atoms with Crippen LogP contribution in [0.1, 0.15) is 5.56 Å². The first-order valence-corrected chi connectivity index (χ1v) is 6.64. The maximum absolute atomic E-state index is 5.56. The van der Waals surface area contributed by atoms with Crippen molar-refractivity contribution in [2.24, 2.45) is 0 Å². The molecule has 1 N–H and O–H groups in total. The van der Waals surface area contributed by atoms with Gasteiger partial charge in [-0.2, -0.15) is 0 Å². The monoisotopic (exact) mass is 298 g/mol. The second-order valence-corrected chi connectivity index (χ2v) is 5.15. The Hall–Kier alpha value is -0.780. The number of rotatable bonds is 2. The summed E-state index contributed by atoms with van der Waals surface area (Å²) in [6.07, 6.45) is 0. The second kappa shape index (κ2) is 4.84. The molecular formula is C12H15BrN2O2. The summed E-state index contributed by atoms with van der Waals surface area (Å²) < 4.78 is 12.0. The zero-order valence-corrected chi connectivity index (χ0v) is 11.1. The molecule has 0 radical (unpaired) electrons. The van der Waals surface area contributed by atoms with E-state index in [4.69, 9.17) is 9.47 Å². The molecule has 4 nitrogen and oxygen atoms in total. The van der Waals surface area contributed by atoms with Crippen molar-refractivity contribution < 1.29 is 9.47 Å². The topological polar surface area (TPSA) is 33.7 Å². The largest absolute Gasteiger partial charge is 0.453 e. The predicted molar refractivity (Wildman–Crippen MR) is 68.4 cm³/mol. The van der Waals surface area contributed by atoms with Crippen LogP contribution in [0.4, 0.5) is 0 Å². The van der Waals surface area contributed by atoms with Gasteiger partial charge in [-0.1, -0.05) is 6.07 Å². The highest BCUT2D eigenvalue weighted by Crippen LogP contribution is 2.42. The molecule has 2 heterocycles. The van der Waals surface area contributed by atoms with Gasteiger partial charge in [0.1, 0.15) is 0 Å². The van der Waals surface area contributed by atoms with Gasteiger partial charge in [0.05, 0.1) is 4.47 Å². The van der Waals surface area contributed by atoms with Crippen molar-refractivity contribution in [3.8, 4) is 11.5 Å². The van der Waals surface area contributed by atoms with Gasteiger partial charge in [-0.05, 0) is 22.0 Å². The van der Waals surface area contributed by atoms with Gasteiger partial charge in [0.15, 0.2) is 11.5 Å². The van der Waals surface area contributed by atoms with E-state index in [1.54, 1.807) is 0 Å². The summed E-state index contributed by atoms with van der Waals surface area (Å²) in [5, 5.41) is 3.36. The number of piperazine rings is 1. The van der Waals surface area contributed by atoms with Crippen LogP contribution in [-0.4, -0.2) is 37.9 Å². The number of fused-ring (bicyclic) bond motifs is 1. The van der Waals surface area contributed by atoms with E-state index >= 15 is 0 Å². The Morgan fingerprint density at radius 2 is 1.94 bits per heavy atom. The van der Waals surface area contributed by atoms with E-state index in [2.05, 4.69) is 32.2 Å². The molecule has 3 rings (SSSR count). The lowest BCUT2D eigenvalue weighted by Crippen LogP contribution is -2.42. The fraction of sp³-hybridized carbons (Fsp3) is 0.500. The molecule has 0 atom stereocenters. The fourth-order valence-electron chi connectivity index (χ4n) is 2.25. The quantitative estimate of drug-likeness (QED) is 0.899. The lowest BCUT2D eigenvalue weighted by molar-refractivity contribution is 0.170. The zero-order chi connectivity index (χ0) is 11.7. The molecule has 0 aliphatic carbocycles. The van der Waals surface area contributed by atoms with Crippen LogP contribution in [0.5, 0.6) is 11.5 Å². The molecule has 0 amide bonds. The Labute approximate surface area is 109 Å². The predicted octanol–water partition coefficient (Wildman–Crippen LogP) is 1.58. The average molecular weight is 299 g/mol. The fourth-order valence-corrected chi connectivity index (χ4v) is 2.68. The normalized spacial score (nSPS) is 19.6. The van der Waals surface area contributed by atoms with Crippen molar-refractivity contribution in [2.75, 3.05) is 33.0 Å². The molecule has 0 aromatic heterocycles. The highest BCUT2D eigenvalue weighted by molar-refractivity contribution is 9.10. The van der Waals surface area contributed by atoms with E-state index in [1.165, 1.54) is 5.56 Å². The summed E-state index contributed by atoms with van der Waals surface area (Å²) in [6.45, 7) is 5.57. The molecule has 2 aliphatic rings. The van der Waals surface area contributed by atoms with Gasteiger partial charge in [0.25, 0.3) is 0 Å². The molecule has 0 spiro atoms. The van der Waals surface area contributed by atoms with Gasteiger partial charge in [-0.15, -0.1) is 0 Å². The van der Waals surface area contributed by atoms with Crippen molar-refractivity contribution >= 4 is 15.9 Å². The van der Waals surface area contributed by atoms with Gasteiger partial charge < -0.3 is 14.8 Å². The van der Waals surface area contributed by atoms with Crippen LogP contribution in [0.3, 0.4) is 0 Å². The van der Waals surface area contributed by atoms with E-state index in [9.17, 15) is 0 Å². The van der Waals surface area contributed by atoms with Crippen molar-refractivity contribution in [1.29, 1.82) is 0 Å². The van der Waals surface area contributed by atoms with Gasteiger partial charge in [0.2, 0.25) is 6.79 Å². The highest BCUT2D eigenvalue weighted by Gasteiger charge is 2.22. The van der Waals surface area contributed by atoms with Crippen molar-refractivity contribution in [3.05, 3.63) is 22.2 Å². The standard InChI is InChI=1S/C12H15BrN2O2/c13-10-2-1-9(11-12(10)17-8-16-11)7-15-5-3-14-4-6-15/h1-2,14H,3-8H2. The third-order valence-electron chi connectivity index (χ3n) is 3.16. The van der Waals surface area contributed by atoms with Gasteiger partial charge >= 0.3 is 0 Å². The number of nitrogens with zero attached hydrogens (tertiary/aromatic N) is 1. The first-order valence-electron chi connectivity index (χ1n) is 5.84. The minimum Gasteiger partial charge on any atom is -0.453 e. The molecule has 17 heavy (non-hydrogen) atoms. The number of hydrogen-bond donors (Lipinski definition) is 1. The number of nitrogens with one attached hydrogen (secondary N) is 1. The average Bonchev–Trinajstić information content (AvgIpc) is 2.84. The molecule has 5 heteroatoms. The van der Waals surface area contributed by atoms with Crippen molar-refractivity contribution in [2.45, 2.75) is 6.54 Å². The maximum atomic E-state index is 5.56. The molecule has 1 saturated heterocycles. The van der Waals surface area contributed by atoms with Crippen LogP contribution < -0.4 is 14.8 Å². The third kappa shape index (κ3) is 2.27. The molecule has 0 saturated carbocycles. The number of ether oxygens (including phenoxy) is 2. The summed E-state index contributed by atoms with van der Waals surface area (Å²) in [5.41, 5.74) is 1.21. The lowest BCUT2D eigenvalue weighted by Gasteiger charge is -2.27. The third-order valence-corrected chi connectivity index (χ3v) is 3.78. The zero-order valence-electron chi connectivity index (χ0n) is 9.54. The maximum Gasteiger partial charge on any atom is 0.231 e. The molecule has 2 aliphatic heterocycles. The SMILES string of the molecule is Brc1ccc(CN2CCNCC2)c2c1OCO2. The number of halogens is 1. The number of benzene rings is 1. The Morgan fingerprint density at radius 3 is 2.76 bits per heavy atom. The van der Waals surface area contributed by atoms with Crippen LogP contribution >= 0.6 is 15.9 Å². The van der Waals surface area contributed by atoms with Crippen LogP contribution in [0.25, 0.3) is 0 Å². The van der Waals surface area contributed by atoms with Crippen LogP contribution in [0.2, 0.25) is 0 Å².